The first-order valence-corrected chi connectivity index (χ1v) is 6.95. The normalized spacial score (nSPS) is 11.0. The highest BCUT2D eigenvalue weighted by Gasteiger charge is 2.06. The van der Waals surface area contributed by atoms with E-state index in [1.807, 2.05) is 28.8 Å². The first-order chi connectivity index (χ1) is 9.36. The third-order valence-corrected chi connectivity index (χ3v) is 3.82. The van der Waals surface area contributed by atoms with Crippen molar-refractivity contribution in [2.45, 2.75) is 16.5 Å². The van der Waals surface area contributed by atoms with E-state index in [1.165, 1.54) is 5.56 Å². The Hall–Kier alpha value is -1.85. The molecule has 0 bridgehead atoms. The molecule has 0 aliphatic carbocycles. The highest BCUT2D eigenvalue weighted by Crippen LogP contribution is 2.26. The summed E-state index contributed by atoms with van der Waals surface area (Å²) in [5.74, 6) is 0. The van der Waals surface area contributed by atoms with E-state index in [2.05, 4.69) is 34.5 Å². The molecule has 3 aromatic rings. The number of hydrogen-bond acceptors (Lipinski definition) is 4. The van der Waals surface area contributed by atoms with Crippen molar-refractivity contribution in [1.29, 1.82) is 0 Å². The highest BCUT2D eigenvalue weighted by molar-refractivity contribution is 7.99. The van der Waals surface area contributed by atoms with Crippen LogP contribution in [0.5, 0.6) is 0 Å². The maximum Gasteiger partial charge on any atom is 0.200 e. The zero-order valence-corrected chi connectivity index (χ0v) is 11.2. The van der Waals surface area contributed by atoms with E-state index in [0.29, 0.717) is 6.54 Å². The minimum absolute atomic E-state index is 0.682. The monoisotopic (exact) mass is 270 g/mol. The second kappa shape index (κ2) is 5.42. The molecule has 0 saturated heterocycles. The molecule has 96 valence electrons. The van der Waals surface area contributed by atoms with Gasteiger partial charge in [-0.2, -0.15) is 0 Å². The Bertz CT molecular complexity index is 675. The van der Waals surface area contributed by atoms with Gasteiger partial charge in [-0.1, -0.05) is 18.2 Å². The van der Waals surface area contributed by atoms with Gasteiger partial charge in [0.15, 0.2) is 10.8 Å². The standard InChI is InChI=1S/C14H14N4S/c15-9-8-11-4-6-12(7-5-11)19-14-17-16-13-3-1-2-10-18(13)14/h1-7,10H,8-9,15H2. The van der Waals surface area contributed by atoms with Crippen molar-refractivity contribution in [3.05, 3.63) is 54.2 Å². The summed E-state index contributed by atoms with van der Waals surface area (Å²) in [7, 11) is 0. The first kappa shape index (κ1) is 12.2. The summed E-state index contributed by atoms with van der Waals surface area (Å²) in [6, 6.07) is 14.3. The molecule has 5 heteroatoms. The number of nitrogens with two attached hydrogens (primary N) is 1. The number of hydrogen-bond donors (Lipinski definition) is 1. The van der Waals surface area contributed by atoms with Crippen LogP contribution in [0.25, 0.3) is 5.65 Å². The van der Waals surface area contributed by atoms with Crippen molar-refractivity contribution in [2.75, 3.05) is 6.54 Å². The molecule has 2 aromatic heterocycles. The predicted octanol–water partition coefficient (Wildman–Crippen LogP) is 2.38. The molecular weight excluding hydrogens is 256 g/mol. The molecule has 4 nitrogen and oxygen atoms in total. The van der Waals surface area contributed by atoms with Gasteiger partial charge in [0.1, 0.15) is 0 Å². The lowest BCUT2D eigenvalue weighted by molar-refractivity contribution is 0.921. The van der Waals surface area contributed by atoms with Gasteiger partial charge in [0.2, 0.25) is 0 Å². The molecule has 0 spiro atoms. The third-order valence-electron chi connectivity index (χ3n) is 2.85. The molecule has 2 heterocycles. The lowest BCUT2D eigenvalue weighted by atomic mass is 10.2. The average Bonchev–Trinajstić information content (AvgIpc) is 2.85. The Morgan fingerprint density at radius 2 is 1.89 bits per heavy atom. The molecule has 0 atom stereocenters. The molecule has 0 aliphatic rings. The quantitative estimate of drug-likeness (QED) is 0.791. The second-order valence-corrected chi connectivity index (χ2v) is 5.24. The van der Waals surface area contributed by atoms with Crippen LogP contribution in [-0.2, 0) is 6.42 Å². The molecule has 0 radical (unpaired) electrons. The summed E-state index contributed by atoms with van der Waals surface area (Å²) in [4.78, 5) is 1.15. The Morgan fingerprint density at radius 1 is 1.05 bits per heavy atom. The number of pyridine rings is 1. The van der Waals surface area contributed by atoms with Crippen LogP contribution in [0.2, 0.25) is 0 Å². The van der Waals surface area contributed by atoms with Crippen LogP contribution in [0.1, 0.15) is 5.56 Å². The minimum atomic E-state index is 0.682. The van der Waals surface area contributed by atoms with E-state index < -0.39 is 0 Å². The summed E-state index contributed by atoms with van der Waals surface area (Å²) in [6.07, 6.45) is 2.89. The summed E-state index contributed by atoms with van der Waals surface area (Å²) >= 11 is 1.61. The van der Waals surface area contributed by atoms with Crippen molar-refractivity contribution in [3.63, 3.8) is 0 Å². The number of rotatable bonds is 4. The van der Waals surface area contributed by atoms with Crippen molar-refractivity contribution in [2.24, 2.45) is 5.73 Å². The molecule has 0 saturated carbocycles. The van der Waals surface area contributed by atoms with E-state index >= 15 is 0 Å². The van der Waals surface area contributed by atoms with E-state index in [4.69, 9.17) is 5.73 Å². The van der Waals surface area contributed by atoms with Crippen LogP contribution in [0.3, 0.4) is 0 Å². The Balaban J connectivity index is 1.84. The maximum absolute atomic E-state index is 5.54. The van der Waals surface area contributed by atoms with Crippen LogP contribution >= 0.6 is 11.8 Å². The zero-order valence-electron chi connectivity index (χ0n) is 10.4. The van der Waals surface area contributed by atoms with Gasteiger partial charge in [0.05, 0.1) is 0 Å². The maximum atomic E-state index is 5.54. The topological polar surface area (TPSA) is 56.2 Å². The second-order valence-electron chi connectivity index (χ2n) is 4.20. The minimum Gasteiger partial charge on any atom is -0.330 e. The molecule has 1 aromatic carbocycles. The number of benzene rings is 1. The summed E-state index contributed by atoms with van der Waals surface area (Å²) in [6.45, 7) is 0.682. The van der Waals surface area contributed by atoms with Crippen LogP contribution in [0.15, 0.2) is 58.7 Å². The number of aromatic nitrogens is 3. The first-order valence-electron chi connectivity index (χ1n) is 6.13. The SMILES string of the molecule is NCCc1ccc(Sc2nnc3ccccn23)cc1. The predicted molar refractivity (Wildman–Crippen MR) is 76.3 cm³/mol. The number of nitrogens with zero attached hydrogens (tertiary/aromatic N) is 3. The molecule has 2 N–H and O–H groups in total. The average molecular weight is 270 g/mol. The van der Waals surface area contributed by atoms with Crippen molar-refractivity contribution >= 4 is 17.4 Å². The van der Waals surface area contributed by atoms with Crippen molar-refractivity contribution < 1.29 is 0 Å². The smallest absolute Gasteiger partial charge is 0.200 e. The Kier molecular flexibility index (Phi) is 3.48. The number of fused-ring (bicyclic) bond motifs is 1. The molecule has 0 amide bonds. The van der Waals surface area contributed by atoms with Crippen LogP contribution < -0.4 is 5.73 Å². The van der Waals surface area contributed by atoms with Crippen molar-refractivity contribution in [1.82, 2.24) is 14.6 Å². The fourth-order valence-electron chi connectivity index (χ4n) is 1.89. The Morgan fingerprint density at radius 3 is 2.68 bits per heavy atom. The fourth-order valence-corrected chi connectivity index (χ4v) is 2.70. The highest BCUT2D eigenvalue weighted by atomic mass is 32.2. The van der Waals surface area contributed by atoms with Gasteiger partial charge in [-0.25, -0.2) is 0 Å². The molecule has 19 heavy (non-hydrogen) atoms. The van der Waals surface area contributed by atoms with Gasteiger partial charge < -0.3 is 5.73 Å². The van der Waals surface area contributed by atoms with E-state index in [-0.39, 0.29) is 0 Å². The van der Waals surface area contributed by atoms with Gasteiger partial charge in [-0.15, -0.1) is 10.2 Å². The summed E-state index contributed by atoms with van der Waals surface area (Å²) in [5.41, 5.74) is 7.67. The van der Waals surface area contributed by atoms with Crippen LogP contribution in [0, 0.1) is 0 Å². The van der Waals surface area contributed by atoms with Gasteiger partial charge in [0.25, 0.3) is 0 Å². The van der Waals surface area contributed by atoms with Gasteiger partial charge in [-0.3, -0.25) is 4.40 Å². The molecular formula is C14H14N4S. The van der Waals surface area contributed by atoms with Gasteiger partial charge in [-0.05, 0) is 54.6 Å². The van der Waals surface area contributed by atoms with Crippen LogP contribution in [0.4, 0.5) is 0 Å². The Labute approximate surface area is 115 Å². The van der Waals surface area contributed by atoms with E-state index in [0.717, 1.165) is 22.1 Å². The summed E-state index contributed by atoms with van der Waals surface area (Å²) < 4.78 is 1.98. The van der Waals surface area contributed by atoms with E-state index in [1.54, 1.807) is 11.8 Å². The molecule has 3 rings (SSSR count). The lowest BCUT2D eigenvalue weighted by Crippen LogP contribution is -2.02. The third kappa shape index (κ3) is 2.62. The van der Waals surface area contributed by atoms with Gasteiger partial charge in [0, 0.05) is 11.1 Å². The van der Waals surface area contributed by atoms with E-state index in [9.17, 15) is 0 Å². The van der Waals surface area contributed by atoms with Crippen LogP contribution in [-0.4, -0.2) is 21.1 Å². The molecule has 0 aliphatic heterocycles. The lowest BCUT2D eigenvalue weighted by Gasteiger charge is -2.02. The fraction of sp³-hybridized carbons (Fsp3) is 0.143. The van der Waals surface area contributed by atoms with Crippen molar-refractivity contribution in [3.8, 4) is 0 Å². The van der Waals surface area contributed by atoms with Gasteiger partial charge >= 0.3 is 0 Å². The molecule has 0 unspecified atom stereocenters. The zero-order chi connectivity index (χ0) is 13.1. The molecule has 0 fully saturated rings. The summed E-state index contributed by atoms with van der Waals surface area (Å²) in [5, 5.41) is 9.22. The largest absolute Gasteiger partial charge is 0.330 e.